The molecule has 1 aliphatic heterocycles. The first-order chi connectivity index (χ1) is 10.6. The molecule has 0 saturated carbocycles. The molecule has 1 aromatic carbocycles. The van der Waals surface area contributed by atoms with E-state index in [9.17, 15) is 13.2 Å². The summed E-state index contributed by atoms with van der Waals surface area (Å²) in [5, 5.41) is 13.6. The Hall–Kier alpha value is -1.64. The van der Waals surface area contributed by atoms with E-state index in [4.69, 9.17) is 5.11 Å². The van der Waals surface area contributed by atoms with Gasteiger partial charge in [0.25, 0.3) is 0 Å². The maximum Gasteiger partial charge on any atom is 0.319 e. The standard InChI is InChI=1S/C14H21N3O4S/c18-11-8-15-14(19)16-12-6-2-3-7-13(12)22(20,21)17-9-4-1-5-10-17/h2-3,6-7,18H,1,4-5,8-11H2,(H2,15,16,19). The first-order valence-electron chi connectivity index (χ1n) is 7.30. The molecule has 3 N–H and O–H groups in total. The average molecular weight is 327 g/mol. The zero-order valence-corrected chi connectivity index (χ0v) is 13.1. The molecule has 2 amide bonds. The van der Waals surface area contributed by atoms with Crippen LogP contribution in [0.2, 0.25) is 0 Å². The van der Waals surface area contributed by atoms with Crippen LogP contribution in [0.3, 0.4) is 0 Å². The summed E-state index contributed by atoms with van der Waals surface area (Å²) in [5.41, 5.74) is 0.239. The van der Waals surface area contributed by atoms with E-state index >= 15 is 0 Å². The van der Waals surface area contributed by atoms with E-state index in [1.54, 1.807) is 18.2 Å². The Labute approximate surface area is 130 Å². The van der Waals surface area contributed by atoms with Gasteiger partial charge in [-0.2, -0.15) is 4.31 Å². The lowest BCUT2D eigenvalue weighted by Gasteiger charge is -2.26. The van der Waals surface area contributed by atoms with E-state index in [0.717, 1.165) is 19.3 Å². The van der Waals surface area contributed by atoms with Crippen LogP contribution in [0.5, 0.6) is 0 Å². The topological polar surface area (TPSA) is 98.7 Å². The van der Waals surface area contributed by atoms with Gasteiger partial charge in [0.1, 0.15) is 4.90 Å². The molecule has 7 nitrogen and oxygen atoms in total. The van der Waals surface area contributed by atoms with E-state index in [2.05, 4.69) is 10.6 Å². The molecule has 8 heteroatoms. The summed E-state index contributed by atoms with van der Waals surface area (Å²) in [7, 11) is -3.62. The van der Waals surface area contributed by atoms with Crippen molar-refractivity contribution in [1.29, 1.82) is 0 Å². The molecule has 2 rings (SSSR count). The van der Waals surface area contributed by atoms with E-state index < -0.39 is 16.1 Å². The summed E-state index contributed by atoms with van der Waals surface area (Å²) in [4.78, 5) is 11.8. The average Bonchev–Trinajstić information content (AvgIpc) is 2.54. The molecular formula is C14H21N3O4S. The van der Waals surface area contributed by atoms with Crippen LogP contribution in [-0.2, 0) is 10.0 Å². The molecule has 0 bridgehead atoms. The van der Waals surface area contributed by atoms with Crippen LogP contribution < -0.4 is 10.6 Å². The number of aliphatic hydroxyl groups excluding tert-OH is 1. The number of para-hydroxylation sites is 1. The van der Waals surface area contributed by atoms with Crippen molar-refractivity contribution in [2.24, 2.45) is 0 Å². The minimum Gasteiger partial charge on any atom is -0.395 e. The van der Waals surface area contributed by atoms with Gasteiger partial charge in [0, 0.05) is 19.6 Å². The molecule has 0 aliphatic carbocycles. The number of carbonyl (C=O) groups excluding carboxylic acids is 1. The Morgan fingerprint density at radius 1 is 1.18 bits per heavy atom. The quantitative estimate of drug-likeness (QED) is 0.750. The second-order valence-electron chi connectivity index (χ2n) is 5.07. The second kappa shape index (κ2) is 7.57. The van der Waals surface area contributed by atoms with Gasteiger partial charge in [0.15, 0.2) is 0 Å². The van der Waals surface area contributed by atoms with Gasteiger partial charge in [-0.15, -0.1) is 0 Å². The number of aliphatic hydroxyl groups is 1. The highest BCUT2D eigenvalue weighted by atomic mass is 32.2. The predicted octanol–water partition coefficient (Wildman–Crippen LogP) is 0.975. The fraction of sp³-hybridized carbons (Fsp3) is 0.500. The number of piperidine rings is 1. The Morgan fingerprint density at radius 2 is 1.86 bits per heavy atom. The molecule has 0 spiro atoms. The van der Waals surface area contributed by atoms with E-state index in [-0.39, 0.29) is 23.7 Å². The normalized spacial score (nSPS) is 16.2. The van der Waals surface area contributed by atoms with Crippen LogP contribution in [0.1, 0.15) is 19.3 Å². The summed E-state index contributed by atoms with van der Waals surface area (Å²) < 4.78 is 26.9. The van der Waals surface area contributed by atoms with Crippen molar-refractivity contribution >= 4 is 21.7 Å². The Morgan fingerprint density at radius 3 is 2.55 bits per heavy atom. The van der Waals surface area contributed by atoms with Crippen molar-refractivity contribution in [2.75, 3.05) is 31.6 Å². The highest BCUT2D eigenvalue weighted by Gasteiger charge is 2.28. The summed E-state index contributed by atoms with van der Waals surface area (Å²) in [6.07, 6.45) is 2.74. The fourth-order valence-corrected chi connectivity index (χ4v) is 4.04. The van der Waals surface area contributed by atoms with Gasteiger partial charge in [0.05, 0.1) is 12.3 Å². The van der Waals surface area contributed by atoms with Gasteiger partial charge in [-0.25, -0.2) is 13.2 Å². The summed E-state index contributed by atoms with van der Waals surface area (Å²) >= 11 is 0. The van der Waals surface area contributed by atoms with Crippen LogP contribution in [0.25, 0.3) is 0 Å². The minimum absolute atomic E-state index is 0.0936. The number of carbonyl (C=O) groups is 1. The van der Waals surface area contributed by atoms with Gasteiger partial charge in [-0.1, -0.05) is 18.6 Å². The number of hydrogen-bond acceptors (Lipinski definition) is 4. The molecule has 0 unspecified atom stereocenters. The monoisotopic (exact) mass is 327 g/mol. The molecule has 1 saturated heterocycles. The molecule has 0 aromatic heterocycles. The van der Waals surface area contributed by atoms with Crippen LogP contribution >= 0.6 is 0 Å². The Balaban J connectivity index is 2.21. The lowest BCUT2D eigenvalue weighted by Crippen LogP contribution is -2.36. The SMILES string of the molecule is O=C(NCCO)Nc1ccccc1S(=O)(=O)N1CCCCC1. The number of nitrogens with one attached hydrogen (secondary N) is 2. The van der Waals surface area contributed by atoms with Crippen molar-refractivity contribution < 1.29 is 18.3 Å². The van der Waals surface area contributed by atoms with Gasteiger partial charge < -0.3 is 15.7 Å². The number of nitrogens with zero attached hydrogens (tertiary/aromatic N) is 1. The first kappa shape index (κ1) is 16.7. The van der Waals surface area contributed by atoms with Crippen LogP contribution in [0.4, 0.5) is 10.5 Å². The maximum absolute atomic E-state index is 12.7. The smallest absolute Gasteiger partial charge is 0.319 e. The molecule has 1 fully saturated rings. The van der Waals surface area contributed by atoms with Crippen molar-refractivity contribution in [3.63, 3.8) is 0 Å². The van der Waals surface area contributed by atoms with Crippen LogP contribution in [0.15, 0.2) is 29.2 Å². The third-order valence-corrected chi connectivity index (χ3v) is 5.42. The predicted molar refractivity (Wildman–Crippen MR) is 83.2 cm³/mol. The minimum atomic E-state index is -3.62. The van der Waals surface area contributed by atoms with E-state index in [1.807, 2.05) is 0 Å². The lowest BCUT2D eigenvalue weighted by molar-refractivity contribution is 0.244. The largest absolute Gasteiger partial charge is 0.395 e. The number of hydrogen-bond donors (Lipinski definition) is 3. The number of benzene rings is 1. The first-order valence-corrected chi connectivity index (χ1v) is 8.74. The van der Waals surface area contributed by atoms with E-state index in [0.29, 0.717) is 13.1 Å². The molecule has 0 radical (unpaired) electrons. The number of anilines is 1. The molecule has 1 aliphatic rings. The summed E-state index contributed by atoms with van der Waals surface area (Å²) in [6.45, 7) is 0.939. The maximum atomic E-state index is 12.7. The van der Waals surface area contributed by atoms with Crippen molar-refractivity contribution in [2.45, 2.75) is 24.2 Å². The third kappa shape index (κ3) is 3.96. The zero-order valence-electron chi connectivity index (χ0n) is 12.3. The second-order valence-corrected chi connectivity index (χ2v) is 6.97. The Kier molecular flexibility index (Phi) is 5.76. The molecule has 0 atom stereocenters. The van der Waals surface area contributed by atoms with Gasteiger partial charge in [0.2, 0.25) is 10.0 Å². The van der Waals surface area contributed by atoms with Crippen molar-refractivity contribution in [3.8, 4) is 0 Å². The number of amides is 2. The van der Waals surface area contributed by atoms with E-state index in [1.165, 1.54) is 10.4 Å². The fourth-order valence-electron chi connectivity index (χ4n) is 2.38. The third-order valence-electron chi connectivity index (χ3n) is 3.47. The molecule has 22 heavy (non-hydrogen) atoms. The molecule has 1 heterocycles. The van der Waals surface area contributed by atoms with Crippen LogP contribution in [0, 0.1) is 0 Å². The van der Waals surface area contributed by atoms with Gasteiger partial charge in [-0.05, 0) is 25.0 Å². The van der Waals surface area contributed by atoms with Crippen molar-refractivity contribution in [1.82, 2.24) is 9.62 Å². The molecule has 122 valence electrons. The molecule has 1 aromatic rings. The summed E-state index contributed by atoms with van der Waals surface area (Å²) in [6, 6.07) is 5.79. The highest BCUT2D eigenvalue weighted by molar-refractivity contribution is 7.89. The van der Waals surface area contributed by atoms with Crippen molar-refractivity contribution in [3.05, 3.63) is 24.3 Å². The van der Waals surface area contributed by atoms with Gasteiger partial charge in [-0.3, -0.25) is 0 Å². The Bertz CT molecular complexity index is 612. The zero-order chi connectivity index (χ0) is 16.0. The molecular weight excluding hydrogens is 306 g/mol. The number of rotatable bonds is 5. The lowest BCUT2D eigenvalue weighted by atomic mass is 10.2. The summed E-state index contributed by atoms with van der Waals surface area (Å²) in [5.74, 6) is 0. The van der Waals surface area contributed by atoms with Gasteiger partial charge >= 0.3 is 6.03 Å². The number of urea groups is 1. The highest BCUT2D eigenvalue weighted by Crippen LogP contribution is 2.26. The number of sulfonamides is 1. The van der Waals surface area contributed by atoms with Crippen LogP contribution in [-0.4, -0.2) is 50.1 Å².